The molecule has 3 heteroatoms. The summed E-state index contributed by atoms with van der Waals surface area (Å²) in [7, 11) is 0. The number of rotatable bonds is 4. The molecule has 3 nitrogen and oxygen atoms in total. The molecule has 1 aliphatic heterocycles. The summed E-state index contributed by atoms with van der Waals surface area (Å²) < 4.78 is 0. The first-order chi connectivity index (χ1) is 8.15. The first kappa shape index (κ1) is 12.9. The Morgan fingerprint density at radius 1 is 1.29 bits per heavy atom. The van der Waals surface area contributed by atoms with Gasteiger partial charge in [-0.1, -0.05) is 27.2 Å². The van der Waals surface area contributed by atoms with Gasteiger partial charge in [-0.25, -0.2) is 0 Å². The molecule has 0 aromatic carbocycles. The molecule has 0 radical (unpaired) electrons. The van der Waals surface area contributed by atoms with Crippen molar-refractivity contribution in [3.63, 3.8) is 0 Å². The fourth-order valence-electron chi connectivity index (χ4n) is 3.36. The Morgan fingerprint density at radius 3 is 2.59 bits per heavy atom. The summed E-state index contributed by atoms with van der Waals surface area (Å²) in [6, 6.07) is 0.0683. The molecule has 0 spiro atoms. The monoisotopic (exact) mass is 238 g/mol. The smallest absolute Gasteiger partial charge is 0.241 e. The molecule has 0 aromatic rings. The lowest BCUT2D eigenvalue weighted by molar-refractivity contribution is -0.130. The fraction of sp³-hybridized carbons (Fsp3) is 0.929. The van der Waals surface area contributed by atoms with Crippen LogP contribution in [0.2, 0.25) is 0 Å². The SMILES string of the molecule is CCC1NC(CC)N(CC2CCC(C)C2)C1=O. The molecule has 1 N–H and O–H groups in total. The highest BCUT2D eigenvalue weighted by molar-refractivity contribution is 5.84. The minimum absolute atomic E-state index is 0.0683. The van der Waals surface area contributed by atoms with Gasteiger partial charge in [0.2, 0.25) is 5.91 Å². The molecule has 1 saturated carbocycles. The molecule has 0 aromatic heterocycles. The van der Waals surface area contributed by atoms with E-state index in [1.807, 2.05) is 0 Å². The molecule has 98 valence electrons. The third-order valence-electron chi connectivity index (χ3n) is 4.40. The van der Waals surface area contributed by atoms with Gasteiger partial charge in [0.1, 0.15) is 0 Å². The van der Waals surface area contributed by atoms with E-state index in [9.17, 15) is 4.79 Å². The van der Waals surface area contributed by atoms with Crippen molar-refractivity contribution < 1.29 is 4.79 Å². The van der Waals surface area contributed by atoms with E-state index < -0.39 is 0 Å². The Balaban J connectivity index is 1.96. The average molecular weight is 238 g/mol. The topological polar surface area (TPSA) is 32.3 Å². The number of carbonyl (C=O) groups is 1. The Bertz CT molecular complexity index is 279. The summed E-state index contributed by atoms with van der Waals surface area (Å²) in [5, 5.41) is 3.45. The molecule has 2 aliphatic rings. The van der Waals surface area contributed by atoms with Crippen LogP contribution < -0.4 is 5.32 Å². The molecular weight excluding hydrogens is 212 g/mol. The van der Waals surface area contributed by atoms with Gasteiger partial charge in [-0.3, -0.25) is 10.1 Å². The highest BCUT2D eigenvalue weighted by Gasteiger charge is 2.38. The van der Waals surface area contributed by atoms with Crippen molar-refractivity contribution in [3.8, 4) is 0 Å². The van der Waals surface area contributed by atoms with Gasteiger partial charge in [-0.15, -0.1) is 0 Å². The largest absolute Gasteiger partial charge is 0.326 e. The maximum Gasteiger partial charge on any atom is 0.241 e. The molecule has 1 aliphatic carbocycles. The highest BCUT2D eigenvalue weighted by atomic mass is 16.2. The zero-order chi connectivity index (χ0) is 12.4. The van der Waals surface area contributed by atoms with Crippen LogP contribution in [-0.4, -0.2) is 29.6 Å². The second-order valence-corrected chi connectivity index (χ2v) is 5.83. The number of nitrogens with one attached hydrogen (secondary N) is 1. The molecule has 17 heavy (non-hydrogen) atoms. The molecule has 4 unspecified atom stereocenters. The van der Waals surface area contributed by atoms with E-state index in [-0.39, 0.29) is 12.2 Å². The van der Waals surface area contributed by atoms with Crippen LogP contribution in [0.15, 0.2) is 0 Å². The third kappa shape index (κ3) is 2.65. The van der Waals surface area contributed by atoms with Crippen LogP contribution in [-0.2, 0) is 4.79 Å². The molecule has 2 rings (SSSR count). The summed E-state index contributed by atoms with van der Waals surface area (Å²) in [6.07, 6.45) is 6.16. The lowest BCUT2D eigenvalue weighted by atomic mass is 10.1. The normalized spacial score (nSPS) is 38.1. The van der Waals surface area contributed by atoms with Gasteiger partial charge in [-0.2, -0.15) is 0 Å². The molecular formula is C14H26N2O. The van der Waals surface area contributed by atoms with Crippen molar-refractivity contribution >= 4 is 5.91 Å². The summed E-state index contributed by atoms with van der Waals surface area (Å²) in [4.78, 5) is 14.3. The van der Waals surface area contributed by atoms with Crippen LogP contribution >= 0.6 is 0 Å². The predicted molar refractivity (Wildman–Crippen MR) is 69.5 cm³/mol. The van der Waals surface area contributed by atoms with Crippen LogP contribution in [0, 0.1) is 11.8 Å². The predicted octanol–water partition coefficient (Wildman–Crippen LogP) is 2.37. The minimum atomic E-state index is 0.0683. The van der Waals surface area contributed by atoms with E-state index in [0.717, 1.165) is 31.2 Å². The molecule has 1 saturated heterocycles. The van der Waals surface area contributed by atoms with Crippen molar-refractivity contribution in [1.82, 2.24) is 10.2 Å². The summed E-state index contributed by atoms with van der Waals surface area (Å²) in [5.74, 6) is 1.92. The molecule has 1 heterocycles. The lowest BCUT2D eigenvalue weighted by Crippen LogP contribution is -2.39. The first-order valence-electron chi connectivity index (χ1n) is 7.22. The number of amides is 1. The van der Waals surface area contributed by atoms with Crippen LogP contribution in [0.4, 0.5) is 0 Å². The molecule has 1 amide bonds. The van der Waals surface area contributed by atoms with Crippen molar-refractivity contribution in [2.75, 3.05) is 6.54 Å². The Morgan fingerprint density at radius 2 is 2.06 bits per heavy atom. The van der Waals surface area contributed by atoms with Crippen LogP contribution in [0.1, 0.15) is 52.9 Å². The number of nitrogens with zero attached hydrogens (tertiary/aromatic N) is 1. The van der Waals surface area contributed by atoms with Gasteiger partial charge in [0.05, 0.1) is 12.2 Å². The molecule has 0 bridgehead atoms. The standard InChI is InChI=1S/C14H26N2O/c1-4-12-14(17)16(13(5-2)15-12)9-11-7-6-10(3)8-11/h10-13,15H,4-9H2,1-3H3. The van der Waals surface area contributed by atoms with E-state index in [0.29, 0.717) is 5.91 Å². The van der Waals surface area contributed by atoms with E-state index in [2.05, 4.69) is 31.0 Å². The van der Waals surface area contributed by atoms with E-state index >= 15 is 0 Å². The molecule has 4 atom stereocenters. The Kier molecular flexibility index (Phi) is 4.08. The van der Waals surface area contributed by atoms with Gasteiger partial charge < -0.3 is 4.90 Å². The minimum Gasteiger partial charge on any atom is -0.326 e. The summed E-state index contributed by atoms with van der Waals surface area (Å²) >= 11 is 0. The summed E-state index contributed by atoms with van der Waals surface area (Å²) in [5.41, 5.74) is 0. The Labute approximate surface area is 105 Å². The van der Waals surface area contributed by atoms with E-state index in [1.165, 1.54) is 19.3 Å². The highest BCUT2D eigenvalue weighted by Crippen LogP contribution is 2.32. The van der Waals surface area contributed by atoms with Crippen LogP contribution in [0.25, 0.3) is 0 Å². The van der Waals surface area contributed by atoms with E-state index in [1.54, 1.807) is 0 Å². The quantitative estimate of drug-likeness (QED) is 0.815. The van der Waals surface area contributed by atoms with E-state index in [4.69, 9.17) is 0 Å². The van der Waals surface area contributed by atoms with Crippen molar-refractivity contribution in [2.45, 2.75) is 65.1 Å². The third-order valence-corrected chi connectivity index (χ3v) is 4.40. The maximum atomic E-state index is 12.2. The van der Waals surface area contributed by atoms with Gasteiger partial charge in [0.15, 0.2) is 0 Å². The summed E-state index contributed by atoms with van der Waals surface area (Å²) in [6.45, 7) is 7.55. The van der Waals surface area contributed by atoms with Crippen molar-refractivity contribution in [1.29, 1.82) is 0 Å². The van der Waals surface area contributed by atoms with Crippen molar-refractivity contribution in [2.24, 2.45) is 11.8 Å². The Hall–Kier alpha value is -0.570. The van der Waals surface area contributed by atoms with Crippen LogP contribution in [0.3, 0.4) is 0 Å². The zero-order valence-electron chi connectivity index (χ0n) is 11.4. The number of hydrogen-bond donors (Lipinski definition) is 1. The second-order valence-electron chi connectivity index (χ2n) is 5.83. The zero-order valence-corrected chi connectivity index (χ0v) is 11.4. The number of hydrogen-bond acceptors (Lipinski definition) is 2. The second kappa shape index (κ2) is 5.38. The lowest BCUT2D eigenvalue weighted by Gasteiger charge is -2.26. The average Bonchev–Trinajstić information content (AvgIpc) is 2.85. The maximum absolute atomic E-state index is 12.2. The van der Waals surface area contributed by atoms with Gasteiger partial charge in [-0.05, 0) is 37.5 Å². The van der Waals surface area contributed by atoms with Crippen molar-refractivity contribution in [3.05, 3.63) is 0 Å². The van der Waals surface area contributed by atoms with Gasteiger partial charge >= 0.3 is 0 Å². The number of carbonyl (C=O) groups excluding carboxylic acids is 1. The van der Waals surface area contributed by atoms with Gasteiger partial charge in [0, 0.05) is 6.54 Å². The van der Waals surface area contributed by atoms with Gasteiger partial charge in [0.25, 0.3) is 0 Å². The fourth-order valence-corrected chi connectivity index (χ4v) is 3.36. The van der Waals surface area contributed by atoms with Crippen LogP contribution in [0.5, 0.6) is 0 Å². The molecule has 2 fully saturated rings. The first-order valence-corrected chi connectivity index (χ1v) is 7.22.